The van der Waals surface area contributed by atoms with Crippen molar-refractivity contribution in [3.05, 3.63) is 66.9 Å². The van der Waals surface area contributed by atoms with Crippen molar-refractivity contribution in [2.75, 3.05) is 38.2 Å². The smallest absolute Gasteiger partial charge is 0.142 e. The topological polar surface area (TPSA) is 62.2 Å². The van der Waals surface area contributed by atoms with E-state index in [-0.39, 0.29) is 0 Å². The molecule has 1 saturated heterocycles. The molecule has 1 aliphatic heterocycles. The number of hydrogen-bond donors (Lipinski definition) is 1. The number of nitrogens with one attached hydrogen (secondary N) is 1. The van der Waals surface area contributed by atoms with Gasteiger partial charge in [-0.1, -0.05) is 12.1 Å². The molecule has 1 atom stereocenters. The number of hydrogen-bond acceptors (Lipinski definition) is 5. The van der Waals surface area contributed by atoms with Crippen LogP contribution in [0.2, 0.25) is 0 Å². The first-order valence-corrected chi connectivity index (χ1v) is 11.3. The molecule has 0 saturated carbocycles. The van der Waals surface area contributed by atoms with Crippen molar-refractivity contribution >= 4 is 16.6 Å². The maximum absolute atomic E-state index is 5.57. The minimum atomic E-state index is 0.511. The Kier molecular flexibility index (Phi) is 5.81. The van der Waals surface area contributed by atoms with E-state index in [9.17, 15) is 0 Å². The maximum atomic E-state index is 5.57. The van der Waals surface area contributed by atoms with Gasteiger partial charge in [0.2, 0.25) is 0 Å². The van der Waals surface area contributed by atoms with Crippen LogP contribution in [0, 0.1) is 0 Å². The predicted octanol–water partition coefficient (Wildman–Crippen LogP) is 3.90. The van der Waals surface area contributed by atoms with Crippen LogP contribution in [0.5, 0.6) is 5.75 Å². The Labute approximate surface area is 188 Å². The summed E-state index contributed by atoms with van der Waals surface area (Å²) in [5.74, 6) is 0.957. The Morgan fingerprint density at radius 3 is 2.75 bits per heavy atom. The van der Waals surface area contributed by atoms with E-state index in [1.165, 1.54) is 22.2 Å². The minimum Gasteiger partial charge on any atom is -0.495 e. The predicted molar refractivity (Wildman–Crippen MR) is 128 cm³/mol. The monoisotopic (exact) mass is 430 g/mol. The molecule has 3 heterocycles. The summed E-state index contributed by atoms with van der Waals surface area (Å²) in [6.45, 7) is 6.57. The lowest BCUT2D eigenvalue weighted by Gasteiger charge is -2.41. The number of aromatic nitrogens is 4. The zero-order valence-electron chi connectivity index (χ0n) is 18.7. The second-order valence-corrected chi connectivity index (χ2v) is 8.52. The maximum Gasteiger partial charge on any atom is 0.142 e. The number of para-hydroxylation sites is 2. The number of ether oxygens (including phenoxy) is 1. The Hall–Kier alpha value is -3.32. The molecule has 7 nitrogen and oxygen atoms in total. The zero-order valence-corrected chi connectivity index (χ0v) is 18.7. The molecule has 1 aliphatic rings. The largest absolute Gasteiger partial charge is 0.495 e. The van der Waals surface area contributed by atoms with Crippen molar-refractivity contribution in [1.82, 2.24) is 24.6 Å². The average molecular weight is 431 g/mol. The van der Waals surface area contributed by atoms with Crippen LogP contribution < -0.4 is 9.64 Å². The fourth-order valence-corrected chi connectivity index (χ4v) is 4.78. The SMILES string of the molecule is COc1ccccc1N1CCN(CCCc2c[nH]c3ccc(-n4cnnc4)cc23)C(C)C1. The van der Waals surface area contributed by atoms with Crippen molar-refractivity contribution < 1.29 is 4.74 Å². The molecule has 2 aromatic heterocycles. The molecule has 166 valence electrons. The molecule has 32 heavy (non-hydrogen) atoms. The van der Waals surface area contributed by atoms with Crippen LogP contribution in [0.3, 0.4) is 0 Å². The fraction of sp³-hybridized carbons (Fsp3) is 0.360. The molecule has 2 aromatic carbocycles. The molecular weight excluding hydrogens is 400 g/mol. The van der Waals surface area contributed by atoms with Crippen molar-refractivity contribution in [2.45, 2.75) is 25.8 Å². The highest BCUT2D eigenvalue weighted by Gasteiger charge is 2.25. The summed E-state index contributed by atoms with van der Waals surface area (Å²) >= 11 is 0. The number of methoxy groups -OCH3 is 1. The summed E-state index contributed by atoms with van der Waals surface area (Å²) in [4.78, 5) is 8.49. The molecule has 0 amide bonds. The number of rotatable bonds is 7. The van der Waals surface area contributed by atoms with E-state index in [4.69, 9.17) is 4.74 Å². The Balaban J connectivity index is 1.20. The molecule has 4 aromatic rings. The standard InChI is InChI=1S/C25H30N6O/c1-19-16-30(24-7-3-4-8-25(24)32-2)13-12-29(19)11-5-6-20-15-26-23-10-9-21(14-22(20)23)31-17-27-28-18-31/h3-4,7-10,14-15,17-19,26H,5-6,11-13,16H2,1-2H3. The number of H-pyrrole nitrogens is 1. The Bertz CT molecular complexity index is 1170. The van der Waals surface area contributed by atoms with E-state index < -0.39 is 0 Å². The number of piperazine rings is 1. The van der Waals surface area contributed by atoms with E-state index in [1.807, 2.05) is 16.7 Å². The van der Waals surface area contributed by atoms with E-state index in [0.717, 1.165) is 50.5 Å². The summed E-state index contributed by atoms with van der Waals surface area (Å²) < 4.78 is 7.51. The van der Waals surface area contributed by atoms with Gasteiger partial charge in [-0.15, -0.1) is 10.2 Å². The van der Waals surface area contributed by atoms with Gasteiger partial charge >= 0.3 is 0 Å². The van der Waals surface area contributed by atoms with Gasteiger partial charge < -0.3 is 14.6 Å². The molecule has 0 aliphatic carbocycles. The summed E-state index contributed by atoms with van der Waals surface area (Å²) in [5, 5.41) is 9.12. The molecule has 1 fully saturated rings. The van der Waals surface area contributed by atoms with E-state index in [2.05, 4.69) is 68.4 Å². The van der Waals surface area contributed by atoms with Gasteiger partial charge in [-0.3, -0.25) is 9.47 Å². The highest BCUT2D eigenvalue weighted by atomic mass is 16.5. The van der Waals surface area contributed by atoms with Crippen molar-refractivity contribution in [1.29, 1.82) is 0 Å². The second kappa shape index (κ2) is 9.04. The Morgan fingerprint density at radius 2 is 1.94 bits per heavy atom. The highest BCUT2D eigenvalue weighted by Crippen LogP contribution is 2.29. The van der Waals surface area contributed by atoms with Crippen LogP contribution in [0.4, 0.5) is 5.69 Å². The summed E-state index contributed by atoms with van der Waals surface area (Å²) in [7, 11) is 1.75. The van der Waals surface area contributed by atoms with Gasteiger partial charge in [0.1, 0.15) is 18.4 Å². The van der Waals surface area contributed by atoms with E-state index in [1.54, 1.807) is 19.8 Å². The molecule has 0 spiro atoms. The first kappa shape index (κ1) is 20.6. The third kappa shape index (κ3) is 4.08. The van der Waals surface area contributed by atoms with Crippen LogP contribution in [0.1, 0.15) is 18.9 Å². The first-order valence-electron chi connectivity index (χ1n) is 11.3. The van der Waals surface area contributed by atoms with Gasteiger partial charge in [0.25, 0.3) is 0 Å². The average Bonchev–Trinajstić information content (AvgIpc) is 3.50. The lowest BCUT2D eigenvalue weighted by molar-refractivity contribution is 0.187. The zero-order chi connectivity index (χ0) is 21.9. The number of benzene rings is 2. The minimum absolute atomic E-state index is 0.511. The number of aryl methyl sites for hydroxylation is 1. The molecule has 1 unspecified atom stereocenters. The van der Waals surface area contributed by atoms with Crippen LogP contribution in [0.15, 0.2) is 61.3 Å². The van der Waals surface area contributed by atoms with Gasteiger partial charge in [-0.2, -0.15) is 0 Å². The normalized spacial score (nSPS) is 17.2. The quantitative estimate of drug-likeness (QED) is 0.482. The van der Waals surface area contributed by atoms with Crippen molar-refractivity contribution in [3.8, 4) is 11.4 Å². The van der Waals surface area contributed by atoms with Crippen LogP contribution in [-0.4, -0.2) is 64.0 Å². The van der Waals surface area contributed by atoms with Gasteiger partial charge in [0.15, 0.2) is 0 Å². The van der Waals surface area contributed by atoms with E-state index >= 15 is 0 Å². The van der Waals surface area contributed by atoms with Gasteiger partial charge in [0, 0.05) is 48.5 Å². The third-order valence-electron chi connectivity index (χ3n) is 6.55. The Morgan fingerprint density at radius 1 is 1.09 bits per heavy atom. The summed E-state index contributed by atoms with van der Waals surface area (Å²) in [5.41, 5.74) is 4.83. The number of nitrogens with zero attached hydrogens (tertiary/aromatic N) is 5. The fourth-order valence-electron chi connectivity index (χ4n) is 4.78. The second-order valence-electron chi connectivity index (χ2n) is 8.52. The number of anilines is 1. The van der Waals surface area contributed by atoms with Crippen LogP contribution >= 0.6 is 0 Å². The lowest BCUT2D eigenvalue weighted by atomic mass is 10.1. The van der Waals surface area contributed by atoms with Crippen molar-refractivity contribution in [3.63, 3.8) is 0 Å². The number of fused-ring (bicyclic) bond motifs is 1. The number of aromatic amines is 1. The lowest BCUT2D eigenvalue weighted by Crippen LogP contribution is -2.52. The van der Waals surface area contributed by atoms with Gasteiger partial charge in [-0.05, 0) is 62.2 Å². The van der Waals surface area contributed by atoms with E-state index in [0.29, 0.717) is 6.04 Å². The molecule has 5 rings (SSSR count). The molecule has 7 heteroatoms. The third-order valence-corrected chi connectivity index (χ3v) is 6.55. The van der Waals surface area contributed by atoms with Crippen LogP contribution in [0.25, 0.3) is 16.6 Å². The molecule has 0 bridgehead atoms. The van der Waals surface area contributed by atoms with Gasteiger partial charge in [-0.25, -0.2) is 0 Å². The van der Waals surface area contributed by atoms with Crippen LogP contribution in [-0.2, 0) is 6.42 Å². The van der Waals surface area contributed by atoms with Crippen molar-refractivity contribution in [2.24, 2.45) is 0 Å². The molecular formula is C25H30N6O. The van der Waals surface area contributed by atoms with Gasteiger partial charge in [0.05, 0.1) is 12.8 Å². The summed E-state index contributed by atoms with van der Waals surface area (Å²) in [6.07, 6.45) is 7.83. The highest BCUT2D eigenvalue weighted by molar-refractivity contribution is 5.85. The molecule has 0 radical (unpaired) electrons. The summed E-state index contributed by atoms with van der Waals surface area (Å²) in [6, 6.07) is 15.3. The molecule has 1 N–H and O–H groups in total. The first-order chi connectivity index (χ1) is 15.7.